The molecule has 1 aliphatic heterocycles. The normalized spacial score (nSPS) is 18.6. The molecule has 1 aromatic heterocycles. The highest BCUT2D eigenvalue weighted by molar-refractivity contribution is 9.10. The van der Waals surface area contributed by atoms with Crippen molar-refractivity contribution >= 4 is 33.4 Å². The van der Waals surface area contributed by atoms with Crippen LogP contribution in [0, 0.1) is 0 Å². The summed E-state index contributed by atoms with van der Waals surface area (Å²) in [7, 11) is 0. The van der Waals surface area contributed by atoms with E-state index in [1.54, 1.807) is 18.5 Å². The number of anilines is 1. The largest absolute Gasteiger partial charge is 0.274 e. The molecule has 0 radical (unpaired) electrons. The van der Waals surface area contributed by atoms with Gasteiger partial charge in [-0.1, -0.05) is 30.3 Å². The van der Waals surface area contributed by atoms with Gasteiger partial charge in [0.25, 0.3) is 0 Å². The Bertz CT molecular complexity index is 673. The third-order valence-corrected chi connectivity index (χ3v) is 3.95. The average Bonchev–Trinajstić information content (AvgIpc) is 2.76. The number of halogens is 1. The van der Waals surface area contributed by atoms with Gasteiger partial charge in [-0.05, 0) is 27.6 Å². The quantitative estimate of drug-likeness (QED) is 0.795. The Kier molecular flexibility index (Phi) is 3.36. The van der Waals surface area contributed by atoms with E-state index in [1.807, 2.05) is 30.3 Å². The molecule has 0 spiro atoms. The van der Waals surface area contributed by atoms with Crippen molar-refractivity contribution in [2.24, 2.45) is 0 Å². The van der Waals surface area contributed by atoms with Crippen LogP contribution in [-0.4, -0.2) is 16.8 Å². The zero-order chi connectivity index (χ0) is 14.1. The van der Waals surface area contributed by atoms with E-state index in [0.29, 0.717) is 10.2 Å². The summed E-state index contributed by atoms with van der Waals surface area (Å²) in [5.41, 5.74) is 1.42. The van der Waals surface area contributed by atoms with E-state index >= 15 is 0 Å². The molecule has 1 saturated heterocycles. The Labute approximate surface area is 124 Å². The number of hydrogen-bond donors (Lipinski definition) is 0. The number of amides is 2. The molecule has 2 heterocycles. The monoisotopic (exact) mass is 330 g/mol. The molecule has 100 valence electrons. The van der Waals surface area contributed by atoms with Crippen LogP contribution in [0.1, 0.15) is 17.9 Å². The van der Waals surface area contributed by atoms with E-state index < -0.39 is 5.92 Å². The van der Waals surface area contributed by atoms with Crippen molar-refractivity contribution in [2.75, 3.05) is 4.90 Å². The van der Waals surface area contributed by atoms with Crippen LogP contribution in [-0.2, 0) is 9.59 Å². The molecule has 1 aromatic carbocycles. The maximum Gasteiger partial charge on any atom is 0.241 e. The van der Waals surface area contributed by atoms with E-state index in [9.17, 15) is 9.59 Å². The number of carbonyl (C=O) groups is 2. The second-order valence-electron chi connectivity index (χ2n) is 4.56. The van der Waals surface area contributed by atoms with Crippen LogP contribution in [0.2, 0.25) is 0 Å². The minimum atomic E-state index is -0.399. The maximum atomic E-state index is 12.5. The summed E-state index contributed by atoms with van der Waals surface area (Å²) in [4.78, 5) is 29.9. The van der Waals surface area contributed by atoms with Crippen molar-refractivity contribution < 1.29 is 9.59 Å². The summed E-state index contributed by atoms with van der Waals surface area (Å²) in [6.07, 6.45) is 3.35. The highest BCUT2D eigenvalue weighted by Crippen LogP contribution is 2.35. The predicted molar refractivity (Wildman–Crippen MR) is 78.2 cm³/mol. The number of carbonyl (C=O) groups excluding carboxylic acids is 2. The third kappa shape index (κ3) is 2.14. The van der Waals surface area contributed by atoms with Crippen molar-refractivity contribution in [3.8, 4) is 0 Å². The Morgan fingerprint density at radius 2 is 1.90 bits per heavy atom. The highest BCUT2D eigenvalue weighted by Gasteiger charge is 2.40. The lowest BCUT2D eigenvalue weighted by atomic mass is 9.98. The Morgan fingerprint density at radius 1 is 1.15 bits per heavy atom. The van der Waals surface area contributed by atoms with Gasteiger partial charge in [-0.25, -0.2) is 4.90 Å². The molecule has 4 nitrogen and oxygen atoms in total. The molecule has 0 saturated carbocycles. The molecular weight excluding hydrogens is 320 g/mol. The Hall–Kier alpha value is -2.01. The molecule has 1 atom stereocenters. The second kappa shape index (κ2) is 5.17. The number of imide groups is 1. The van der Waals surface area contributed by atoms with E-state index in [2.05, 4.69) is 20.9 Å². The lowest BCUT2D eigenvalue weighted by molar-refractivity contribution is -0.121. The summed E-state index contributed by atoms with van der Waals surface area (Å²) in [6, 6.07) is 11.0. The zero-order valence-electron chi connectivity index (χ0n) is 10.5. The van der Waals surface area contributed by atoms with Crippen LogP contribution < -0.4 is 4.90 Å². The van der Waals surface area contributed by atoms with E-state index in [0.717, 1.165) is 5.56 Å². The van der Waals surface area contributed by atoms with Gasteiger partial charge in [-0.3, -0.25) is 14.6 Å². The fraction of sp³-hybridized carbons (Fsp3) is 0.133. The molecule has 1 fully saturated rings. The molecule has 0 bridgehead atoms. The van der Waals surface area contributed by atoms with Crippen LogP contribution in [0.25, 0.3) is 0 Å². The van der Waals surface area contributed by atoms with Crippen LogP contribution in [0.4, 0.5) is 5.69 Å². The number of rotatable bonds is 2. The van der Waals surface area contributed by atoms with Gasteiger partial charge >= 0.3 is 0 Å². The van der Waals surface area contributed by atoms with E-state index in [-0.39, 0.29) is 18.2 Å². The van der Waals surface area contributed by atoms with Crippen LogP contribution in [0.3, 0.4) is 0 Å². The van der Waals surface area contributed by atoms with Gasteiger partial charge in [0.1, 0.15) is 0 Å². The maximum absolute atomic E-state index is 12.5. The second-order valence-corrected chi connectivity index (χ2v) is 5.42. The zero-order valence-corrected chi connectivity index (χ0v) is 12.1. The molecule has 3 rings (SSSR count). The van der Waals surface area contributed by atoms with Crippen molar-refractivity contribution in [3.05, 3.63) is 58.8 Å². The first kappa shape index (κ1) is 13.0. The molecule has 2 amide bonds. The van der Waals surface area contributed by atoms with Crippen molar-refractivity contribution in [1.82, 2.24) is 4.98 Å². The number of benzene rings is 1. The highest BCUT2D eigenvalue weighted by atomic mass is 79.9. The van der Waals surface area contributed by atoms with Crippen molar-refractivity contribution in [3.63, 3.8) is 0 Å². The fourth-order valence-electron chi connectivity index (χ4n) is 2.38. The molecule has 1 unspecified atom stereocenters. The van der Waals surface area contributed by atoms with E-state index in [1.165, 1.54) is 4.90 Å². The molecule has 0 aliphatic carbocycles. The predicted octanol–water partition coefficient (Wildman–Crippen LogP) is 2.89. The van der Waals surface area contributed by atoms with Gasteiger partial charge in [-0.2, -0.15) is 0 Å². The van der Waals surface area contributed by atoms with Gasteiger partial charge in [0, 0.05) is 18.8 Å². The molecule has 20 heavy (non-hydrogen) atoms. The first-order valence-electron chi connectivity index (χ1n) is 6.19. The average molecular weight is 331 g/mol. The van der Waals surface area contributed by atoms with Crippen LogP contribution in [0.5, 0.6) is 0 Å². The van der Waals surface area contributed by atoms with Gasteiger partial charge in [0.15, 0.2) is 0 Å². The summed E-state index contributed by atoms with van der Waals surface area (Å²) in [5.74, 6) is -0.771. The van der Waals surface area contributed by atoms with Gasteiger partial charge < -0.3 is 0 Å². The summed E-state index contributed by atoms with van der Waals surface area (Å²) < 4.78 is 0.635. The van der Waals surface area contributed by atoms with Gasteiger partial charge in [0.05, 0.1) is 16.1 Å². The Morgan fingerprint density at radius 3 is 2.60 bits per heavy atom. The lowest BCUT2D eigenvalue weighted by Crippen LogP contribution is -2.30. The van der Waals surface area contributed by atoms with Gasteiger partial charge in [-0.15, -0.1) is 0 Å². The number of aromatic nitrogens is 1. The van der Waals surface area contributed by atoms with Gasteiger partial charge in [0.2, 0.25) is 11.8 Å². The molecule has 0 N–H and O–H groups in total. The van der Waals surface area contributed by atoms with Crippen molar-refractivity contribution in [2.45, 2.75) is 12.3 Å². The topological polar surface area (TPSA) is 50.3 Å². The summed E-state index contributed by atoms with van der Waals surface area (Å²) in [6.45, 7) is 0. The molecule has 2 aromatic rings. The fourth-order valence-corrected chi connectivity index (χ4v) is 2.81. The van der Waals surface area contributed by atoms with Crippen LogP contribution in [0.15, 0.2) is 53.3 Å². The molecular formula is C15H11BrN2O2. The smallest absolute Gasteiger partial charge is 0.241 e. The SMILES string of the molecule is O=C1CC(c2ccccc2)C(=O)N1c1ccncc1Br. The van der Waals surface area contributed by atoms with Crippen LogP contribution >= 0.6 is 15.9 Å². The lowest BCUT2D eigenvalue weighted by Gasteiger charge is -2.16. The molecule has 1 aliphatic rings. The Balaban J connectivity index is 1.98. The van der Waals surface area contributed by atoms with Crippen molar-refractivity contribution in [1.29, 1.82) is 0 Å². The number of hydrogen-bond acceptors (Lipinski definition) is 3. The number of nitrogens with zero attached hydrogens (tertiary/aromatic N) is 2. The van der Waals surface area contributed by atoms with E-state index in [4.69, 9.17) is 0 Å². The third-order valence-electron chi connectivity index (χ3n) is 3.34. The number of pyridine rings is 1. The summed E-state index contributed by atoms with van der Waals surface area (Å²) >= 11 is 3.33. The standard InChI is InChI=1S/C15H11BrN2O2/c16-12-9-17-7-6-13(12)18-14(19)8-11(15(18)20)10-4-2-1-3-5-10/h1-7,9,11H,8H2. The first-order chi connectivity index (χ1) is 9.68. The minimum Gasteiger partial charge on any atom is -0.274 e. The first-order valence-corrected chi connectivity index (χ1v) is 6.99. The summed E-state index contributed by atoms with van der Waals surface area (Å²) in [5, 5.41) is 0. The molecule has 5 heteroatoms. The minimum absolute atomic E-state index is 0.184.